The molecule has 6 nitrogen and oxygen atoms in total. The summed E-state index contributed by atoms with van der Waals surface area (Å²) in [4.78, 5) is 26.1. The van der Waals surface area contributed by atoms with Crippen LogP contribution in [0.15, 0.2) is 0 Å². The maximum absolute atomic E-state index is 12.3. The second kappa shape index (κ2) is 8.38. The van der Waals surface area contributed by atoms with E-state index in [4.69, 9.17) is 0 Å². The third-order valence-corrected chi connectivity index (χ3v) is 4.86. The summed E-state index contributed by atoms with van der Waals surface area (Å²) in [7, 11) is 0. The van der Waals surface area contributed by atoms with E-state index in [2.05, 4.69) is 36.3 Å². The van der Waals surface area contributed by atoms with Gasteiger partial charge in [-0.15, -0.1) is 10.2 Å². The average Bonchev–Trinajstić information content (AvgIpc) is 2.91. The van der Waals surface area contributed by atoms with Gasteiger partial charge in [0, 0.05) is 32.4 Å². The van der Waals surface area contributed by atoms with Gasteiger partial charge in [-0.1, -0.05) is 32.1 Å². The Balaban J connectivity index is 1.75. The first-order chi connectivity index (χ1) is 11.0. The number of anilines is 1. The average molecular weight is 338 g/mol. The molecule has 2 heterocycles. The topological polar surface area (TPSA) is 75.2 Å². The van der Waals surface area contributed by atoms with Gasteiger partial charge in [0.2, 0.25) is 16.9 Å². The molecule has 1 aromatic heterocycles. The molecule has 2 atom stereocenters. The fourth-order valence-electron chi connectivity index (χ4n) is 3.05. The highest BCUT2D eigenvalue weighted by molar-refractivity contribution is 7.15. The Morgan fingerprint density at radius 2 is 1.91 bits per heavy atom. The SMILES string of the molecule is CCCc1nnc(NC(=O)CCC(=O)N2CC(C)CC(C)C2)s1. The Hall–Kier alpha value is -1.50. The van der Waals surface area contributed by atoms with Crippen molar-refractivity contribution in [3.63, 3.8) is 0 Å². The van der Waals surface area contributed by atoms with Crippen LogP contribution < -0.4 is 5.32 Å². The molecule has 23 heavy (non-hydrogen) atoms. The lowest BCUT2D eigenvalue weighted by Gasteiger charge is -2.35. The van der Waals surface area contributed by atoms with E-state index in [9.17, 15) is 9.59 Å². The van der Waals surface area contributed by atoms with Crippen LogP contribution in [0.25, 0.3) is 0 Å². The number of rotatable bonds is 6. The van der Waals surface area contributed by atoms with Gasteiger partial charge in [-0.05, 0) is 24.7 Å². The van der Waals surface area contributed by atoms with Crippen LogP contribution in [0.4, 0.5) is 5.13 Å². The molecule has 0 aromatic carbocycles. The number of carbonyl (C=O) groups is 2. The fraction of sp³-hybridized carbons (Fsp3) is 0.750. The maximum Gasteiger partial charge on any atom is 0.226 e. The Morgan fingerprint density at radius 1 is 1.22 bits per heavy atom. The molecule has 1 aliphatic rings. The largest absolute Gasteiger partial charge is 0.342 e. The van der Waals surface area contributed by atoms with Crippen molar-refractivity contribution in [1.82, 2.24) is 15.1 Å². The molecule has 1 aliphatic heterocycles. The van der Waals surface area contributed by atoms with Gasteiger partial charge in [-0.3, -0.25) is 9.59 Å². The third kappa shape index (κ3) is 5.57. The van der Waals surface area contributed by atoms with Crippen molar-refractivity contribution in [3.05, 3.63) is 5.01 Å². The van der Waals surface area contributed by atoms with Gasteiger partial charge in [0.25, 0.3) is 0 Å². The number of hydrogen-bond acceptors (Lipinski definition) is 5. The standard InChI is InChI=1S/C16H26N4O2S/c1-4-5-14-18-19-16(23-14)17-13(21)6-7-15(22)20-9-11(2)8-12(3)10-20/h11-12H,4-10H2,1-3H3,(H,17,19,21). The minimum Gasteiger partial charge on any atom is -0.342 e. The van der Waals surface area contributed by atoms with Crippen molar-refractivity contribution in [2.45, 2.75) is 52.9 Å². The molecular formula is C16H26N4O2S. The zero-order valence-electron chi connectivity index (χ0n) is 14.2. The molecule has 128 valence electrons. The molecule has 0 saturated carbocycles. The number of aromatic nitrogens is 2. The van der Waals surface area contributed by atoms with E-state index in [1.807, 2.05) is 4.90 Å². The summed E-state index contributed by atoms with van der Waals surface area (Å²) in [5, 5.41) is 12.2. The summed E-state index contributed by atoms with van der Waals surface area (Å²) in [6.07, 6.45) is 3.50. The molecule has 0 spiro atoms. The number of hydrogen-bond donors (Lipinski definition) is 1. The summed E-state index contributed by atoms with van der Waals surface area (Å²) >= 11 is 1.40. The molecule has 0 radical (unpaired) electrons. The first-order valence-electron chi connectivity index (χ1n) is 8.38. The zero-order valence-corrected chi connectivity index (χ0v) is 15.0. The Kier molecular flexibility index (Phi) is 6.50. The molecular weight excluding hydrogens is 312 g/mol. The molecule has 1 fully saturated rings. The van der Waals surface area contributed by atoms with E-state index in [0.29, 0.717) is 17.0 Å². The Bertz CT molecular complexity index is 536. The van der Waals surface area contributed by atoms with E-state index in [-0.39, 0.29) is 24.7 Å². The van der Waals surface area contributed by atoms with Gasteiger partial charge in [0.15, 0.2) is 0 Å². The van der Waals surface area contributed by atoms with E-state index in [1.165, 1.54) is 17.8 Å². The van der Waals surface area contributed by atoms with Crippen molar-refractivity contribution in [2.24, 2.45) is 11.8 Å². The molecule has 1 saturated heterocycles. The van der Waals surface area contributed by atoms with Crippen LogP contribution in [-0.2, 0) is 16.0 Å². The van der Waals surface area contributed by atoms with E-state index in [0.717, 1.165) is 30.9 Å². The Morgan fingerprint density at radius 3 is 2.57 bits per heavy atom. The lowest BCUT2D eigenvalue weighted by Crippen LogP contribution is -2.42. The van der Waals surface area contributed by atoms with Crippen LogP contribution in [0.3, 0.4) is 0 Å². The predicted molar refractivity (Wildman–Crippen MR) is 91.3 cm³/mol. The quantitative estimate of drug-likeness (QED) is 0.865. The highest BCUT2D eigenvalue weighted by Gasteiger charge is 2.25. The second-order valence-electron chi connectivity index (χ2n) is 6.54. The van der Waals surface area contributed by atoms with Crippen molar-refractivity contribution < 1.29 is 9.59 Å². The number of aryl methyl sites for hydroxylation is 1. The molecule has 0 bridgehead atoms. The van der Waals surface area contributed by atoms with Crippen molar-refractivity contribution >= 4 is 28.3 Å². The molecule has 1 aromatic rings. The number of nitrogens with zero attached hydrogens (tertiary/aromatic N) is 3. The molecule has 2 unspecified atom stereocenters. The lowest BCUT2D eigenvalue weighted by atomic mass is 9.91. The summed E-state index contributed by atoms with van der Waals surface area (Å²) < 4.78 is 0. The van der Waals surface area contributed by atoms with Gasteiger partial charge in [0.1, 0.15) is 5.01 Å². The monoisotopic (exact) mass is 338 g/mol. The summed E-state index contributed by atoms with van der Waals surface area (Å²) in [5.74, 6) is 0.975. The Labute approximate surface area is 141 Å². The number of carbonyl (C=O) groups excluding carboxylic acids is 2. The minimum atomic E-state index is -0.171. The van der Waals surface area contributed by atoms with Crippen molar-refractivity contribution in [3.8, 4) is 0 Å². The van der Waals surface area contributed by atoms with E-state index >= 15 is 0 Å². The highest BCUT2D eigenvalue weighted by Crippen LogP contribution is 2.22. The number of amides is 2. The van der Waals surface area contributed by atoms with E-state index in [1.54, 1.807) is 0 Å². The van der Waals surface area contributed by atoms with Gasteiger partial charge < -0.3 is 10.2 Å². The molecule has 2 rings (SSSR count). The predicted octanol–water partition coefficient (Wildman–Crippen LogP) is 2.71. The van der Waals surface area contributed by atoms with Crippen molar-refractivity contribution in [2.75, 3.05) is 18.4 Å². The first kappa shape index (κ1) is 17.8. The van der Waals surface area contributed by atoms with Crippen LogP contribution in [-0.4, -0.2) is 40.0 Å². The number of piperidine rings is 1. The van der Waals surface area contributed by atoms with Gasteiger partial charge in [-0.25, -0.2) is 0 Å². The summed E-state index contributed by atoms with van der Waals surface area (Å²) in [6.45, 7) is 8.04. The smallest absolute Gasteiger partial charge is 0.226 e. The van der Waals surface area contributed by atoms with Gasteiger partial charge >= 0.3 is 0 Å². The minimum absolute atomic E-state index is 0.0717. The number of likely N-dealkylation sites (tertiary alicyclic amines) is 1. The van der Waals surface area contributed by atoms with Gasteiger partial charge in [-0.2, -0.15) is 0 Å². The second-order valence-corrected chi connectivity index (χ2v) is 7.61. The molecule has 7 heteroatoms. The number of nitrogens with one attached hydrogen (secondary N) is 1. The maximum atomic E-state index is 12.3. The van der Waals surface area contributed by atoms with Crippen LogP contribution in [0.1, 0.15) is 51.5 Å². The van der Waals surface area contributed by atoms with E-state index < -0.39 is 0 Å². The highest BCUT2D eigenvalue weighted by atomic mass is 32.1. The lowest BCUT2D eigenvalue weighted by molar-refractivity contribution is -0.135. The van der Waals surface area contributed by atoms with Crippen LogP contribution in [0.5, 0.6) is 0 Å². The first-order valence-corrected chi connectivity index (χ1v) is 9.19. The van der Waals surface area contributed by atoms with Crippen LogP contribution in [0.2, 0.25) is 0 Å². The third-order valence-electron chi connectivity index (χ3n) is 3.96. The molecule has 2 amide bonds. The fourth-order valence-corrected chi connectivity index (χ4v) is 3.90. The molecule has 0 aliphatic carbocycles. The normalized spacial score (nSPS) is 21.3. The summed E-state index contributed by atoms with van der Waals surface area (Å²) in [6, 6.07) is 0. The van der Waals surface area contributed by atoms with Crippen molar-refractivity contribution in [1.29, 1.82) is 0 Å². The zero-order chi connectivity index (χ0) is 16.8. The molecule has 1 N–H and O–H groups in total. The summed E-state index contributed by atoms with van der Waals surface area (Å²) in [5.41, 5.74) is 0. The van der Waals surface area contributed by atoms with Gasteiger partial charge in [0.05, 0.1) is 0 Å². The van der Waals surface area contributed by atoms with Crippen LogP contribution >= 0.6 is 11.3 Å². The van der Waals surface area contributed by atoms with Crippen LogP contribution in [0, 0.1) is 11.8 Å².